The van der Waals surface area contributed by atoms with Crippen LogP contribution in [0.2, 0.25) is 0 Å². The normalized spacial score (nSPS) is 10.3. The summed E-state index contributed by atoms with van der Waals surface area (Å²) in [5.41, 5.74) is 2.41. The molecule has 1 heterocycles. The highest BCUT2D eigenvalue weighted by Crippen LogP contribution is 2.14. The van der Waals surface area contributed by atoms with Crippen LogP contribution >= 0.6 is 0 Å². The van der Waals surface area contributed by atoms with Crippen LogP contribution in [0.4, 0.5) is 11.9 Å². The van der Waals surface area contributed by atoms with Crippen LogP contribution in [0, 0.1) is 0 Å². The molecule has 0 saturated heterocycles. The van der Waals surface area contributed by atoms with Gasteiger partial charge in [-0.25, -0.2) is 5.84 Å². The van der Waals surface area contributed by atoms with Gasteiger partial charge in [-0.1, -0.05) is 0 Å². The topological polar surface area (TPSA) is 98.4 Å². The van der Waals surface area contributed by atoms with Crippen molar-refractivity contribution in [2.45, 2.75) is 20.8 Å². The molecule has 0 atom stereocenters. The molecule has 0 fully saturated rings. The molecule has 0 saturated carbocycles. The quantitative estimate of drug-likeness (QED) is 0.378. The van der Waals surface area contributed by atoms with Crippen LogP contribution in [0.1, 0.15) is 20.8 Å². The Morgan fingerprint density at radius 2 is 1.95 bits per heavy atom. The zero-order valence-electron chi connectivity index (χ0n) is 11.7. The number of anilines is 2. The second-order valence-corrected chi connectivity index (χ2v) is 3.60. The minimum atomic E-state index is 0.260. The molecule has 8 heteroatoms. The Labute approximate surface area is 113 Å². The number of aromatic nitrogens is 3. The minimum absolute atomic E-state index is 0.260. The van der Waals surface area contributed by atoms with Crippen molar-refractivity contribution in [3.8, 4) is 6.01 Å². The smallest absolute Gasteiger partial charge is 0.323 e. The summed E-state index contributed by atoms with van der Waals surface area (Å²) in [5.74, 6) is 6.15. The first-order valence-corrected chi connectivity index (χ1v) is 6.43. The third-order valence-corrected chi connectivity index (χ3v) is 2.38. The van der Waals surface area contributed by atoms with Gasteiger partial charge in [-0.15, -0.1) is 0 Å². The van der Waals surface area contributed by atoms with E-state index in [0.717, 1.165) is 6.54 Å². The number of nitrogen functional groups attached to an aromatic ring is 1. The fourth-order valence-electron chi connectivity index (χ4n) is 1.46. The molecule has 0 aliphatic heterocycles. The Kier molecular flexibility index (Phi) is 6.83. The summed E-state index contributed by atoms with van der Waals surface area (Å²) < 4.78 is 10.6. The van der Waals surface area contributed by atoms with Gasteiger partial charge >= 0.3 is 6.01 Å². The van der Waals surface area contributed by atoms with E-state index in [4.69, 9.17) is 15.3 Å². The Morgan fingerprint density at radius 3 is 2.53 bits per heavy atom. The van der Waals surface area contributed by atoms with E-state index in [2.05, 4.69) is 20.4 Å². The van der Waals surface area contributed by atoms with Gasteiger partial charge in [0, 0.05) is 19.7 Å². The van der Waals surface area contributed by atoms with Crippen molar-refractivity contribution in [2.24, 2.45) is 5.84 Å². The molecule has 1 aromatic heterocycles. The third-order valence-electron chi connectivity index (χ3n) is 2.38. The SMILES string of the molecule is CCOCCN(CC)c1nc(NN)nc(OCC)n1. The van der Waals surface area contributed by atoms with E-state index < -0.39 is 0 Å². The first-order chi connectivity index (χ1) is 9.24. The van der Waals surface area contributed by atoms with Gasteiger partial charge < -0.3 is 14.4 Å². The molecule has 0 bridgehead atoms. The van der Waals surface area contributed by atoms with Crippen molar-refractivity contribution in [1.82, 2.24) is 15.0 Å². The molecule has 8 nitrogen and oxygen atoms in total. The lowest BCUT2D eigenvalue weighted by Gasteiger charge is -2.21. The van der Waals surface area contributed by atoms with Gasteiger partial charge in [0.1, 0.15) is 0 Å². The predicted octanol–water partition coefficient (Wildman–Crippen LogP) is 0.419. The fourth-order valence-corrected chi connectivity index (χ4v) is 1.46. The molecule has 0 spiro atoms. The maximum atomic E-state index is 5.35. The Bertz CT molecular complexity index is 376. The summed E-state index contributed by atoms with van der Waals surface area (Å²) >= 11 is 0. The summed E-state index contributed by atoms with van der Waals surface area (Å²) in [7, 11) is 0. The predicted molar refractivity (Wildman–Crippen MR) is 73.2 cm³/mol. The van der Waals surface area contributed by atoms with Gasteiger partial charge in [0.15, 0.2) is 0 Å². The highest BCUT2D eigenvalue weighted by atomic mass is 16.5. The van der Waals surface area contributed by atoms with Crippen molar-refractivity contribution in [3.05, 3.63) is 0 Å². The number of nitrogens with zero attached hydrogens (tertiary/aromatic N) is 4. The molecular weight excluding hydrogens is 248 g/mol. The van der Waals surface area contributed by atoms with E-state index in [0.29, 0.717) is 32.3 Å². The number of nitrogens with two attached hydrogens (primary N) is 1. The Hall–Kier alpha value is -1.67. The van der Waals surface area contributed by atoms with Crippen LogP contribution in [0.3, 0.4) is 0 Å². The zero-order chi connectivity index (χ0) is 14.1. The van der Waals surface area contributed by atoms with E-state index in [1.807, 2.05) is 25.7 Å². The zero-order valence-corrected chi connectivity index (χ0v) is 11.7. The van der Waals surface area contributed by atoms with Crippen LogP contribution in [0.5, 0.6) is 6.01 Å². The average molecular weight is 270 g/mol. The van der Waals surface area contributed by atoms with Crippen LogP contribution in [-0.2, 0) is 4.74 Å². The molecule has 0 aromatic carbocycles. The highest BCUT2D eigenvalue weighted by molar-refractivity contribution is 5.37. The van der Waals surface area contributed by atoms with Crippen molar-refractivity contribution in [3.63, 3.8) is 0 Å². The average Bonchev–Trinajstić information content (AvgIpc) is 2.43. The second-order valence-electron chi connectivity index (χ2n) is 3.60. The number of rotatable bonds is 9. The highest BCUT2D eigenvalue weighted by Gasteiger charge is 2.12. The van der Waals surface area contributed by atoms with E-state index in [1.165, 1.54) is 0 Å². The molecule has 0 amide bonds. The maximum absolute atomic E-state index is 5.35. The van der Waals surface area contributed by atoms with Gasteiger partial charge in [-0.05, 0) is 20.8 Å². The number of hydrazine groups is 1. The largest absolute Gasteiger partial charge is 0.464 e. The number of hydrogen-bond donors (Lipinski definition) is 2. The molecule has 0 aliphatic carbocycles. The molecule has 108 valence electrons. The number of ether oxygens (including phenoxy) is 2. The monoisotopic (exact) mass is 270 g/mol. The molecule has 3 N–H and O–H groups in total. The van der Waals surface area contributed by atoms with Crippen LogP contribution in [0.15, 0.2) is 0 Å². The van der Waals surface area contributed by atoms with E-state index in [-0.39, 0.29) is 12.0 Å². The van der Waals surface area contributed by atoms with Crippen molar-refractivity contribution in [1.29, 1.82) is 0 Å². The lowest BCUT2D eigenvalue weighted by atomic mass is 10.5. The van der Waals surface area contributed by atoms with Crippen molar-refractivity contribution in [2.75, 3.05) is 43.2 Å². The molecule has 1 aromatic rings. The molecule has 19 heavy (non-hydrogen) atoms. The van der Waals surface area contributed by atoms with E-state index >= 15 is 0 Å². The first-order valence-electron chi connectivity index (χ1n) is 6.43. The Balaban J connectivity index is 2.84. The first kappa shape index (κ1) is 15.4. The van der Waals surface area contributed by atoms with Crippen LogP contribution < -0.4 is 20.9 Å². The molecule has 0 unspecified atom stereocenters. The van der Waals surface area contributed by atoms with Crippen molar-refractivity contribution >= 4 is 11.9 Å². The summed E-state index contributed by atoms with van der Waals surface area (Å²) in [6, 6.07) is 0.260. The summed E-state index contributed by atoms with van der Waals surface area (Å²) in [6.07, 6.45) is 0. The lowest BCUT2D eigenvalue weighted by molar-refractivity contribution is 0.153. The summed E-state index contributed by atoms with van der Waals surface area (Å²) in [4.78, 5) is 14.5. The number of likely N-dealkylation sites (N-methyl/N-ethyl adjacent to an activating group) is 1. The summed E-state index contributed by atoms with van der Waals surface area (Å²) in [5, 5.41) is 0. The minimum Gasteiger partial charge on any atom is -0.464 e. The fraction of sp³-hybridized carbons (Fsp3) is 0.727. The third kappa shape index (κ3) is 4.84. The lowest BCUT2D eigenvalue weighted by Crippen LogP contribution is -2.29. The molecule has 1 rings (SSSR count). The molecular formula is C11H22N6O2. The number of hydrogen-bond acceptors (Lipinski definition) is 8. The molecule has 0 aliphatic rings. The van der Waals surface area contributed by atoms with E-state index in [9.17, 15) is 0 Å². The van der Waals surface area contributed by atoms with Gasteiger partial charge in [-0.3, -0.25) is 5.43 Å². The van der Waals surface area contributed by atoms with Crippen molar-refractivity contribution < 1.29 is 9.47 Å². The Morgan fingerprint density at radius 1 is 1.16 bits per heavy atom. The molecule has 0 radical (unpaired) electrons. The maximum Gasteiger partial charge on any atom is 0.323 e. The number of nitrogens with one attached hydrogen (secondary N) is 1. The standard InChI is InChI=1S/C11H22N6O2/c1-4-17(7-8-18-5-2)10-13-9(16-12)14-11(15-10)19-6-3/h4-8,12H2,1-3H3,(H,13,14,15,16). The van der Waals surface area contributed by atoms with Crippen LogP contribution in [0.25, 0.3) is 0 Å². The van der Waals surface area contributed by atoms with Gasteiger partial charge in [0.25, 0.3) is 0 Å². The van der Waals surface area contributed by atoms with Gasteiger partial charge in [-0.2, -0.15) is 15.0 Å². The van der Waals surface area contributed by atoms with E-state index in [1.54, 1.807) is 0 Å². The van der Waals surface area contributed by atoms with Crippen LogP contribution in [-0.4, -0.2) is 47.9 Å². The second kappa shape index (κ2) is 8.44. The van der Waals surface area contributed by atoms with Gasteiger partial charge in [0.05, 0.1) is 13.2 Å². The summed E-state index contributed by atoms with van der Waals surface area (Å²) in [6.45, 7) is 9.09. The van der Waals surface area contributed by atoms with Gasteiger partial charge in [0.2, 0.25) is 11.9 Å².